The van der Waals surface area contributed by atoms with Gasteiger partial charge in [0.25, 0.3) is 0 Å². The predicted molar refractivity (Wildman–Crippen MR) is 78.6 cm³/mol. The van der Waals surface area contributed by atoms with Crippen molar-refractivity contribution in [3.05, 3.63) is 35.9 Å². The van der Waals surface area contributed by atoms with E-state index in [9.17, 15) is 4.79 Å². The summed E-state index contributed by atoms with van der Waals surface area (Å²) in [6, 6.07) is 10.3. The summed E-state index contributed by atoms with van der Waals surface area (Å²) < 4.78 is 5.27. The maximum atomic E-state index is 11.6. The molecule has 1 fully saturated rings. The van der Waals surface area contributed by atoms with Crippen LogP contribution in [0.5, 0.6) is 0 Å². The van der Waals surface area contributed by atoms with Gasteiger partial charge < -0.3 is 10.1 Å². The van der Waals surface area contributed by atoms with Gasteiger partial charge in [-0.05, 0) is 31.4 Å². The molecule has 1 aromatic carbocycles. The van der Waals surface area contributed by atoms with Crippen LogP contribution in [0, 0.1) is 0 Å². The van der Waals surface area contributed by atoms with E-state index in [0.29, 0.717) is 19.1 Å². The second-order valence-electron chi connectivity index (χ2n) is 4.82. The predicted octanol–water partition coefficient (Wildman–Crippen LogP) is 2.73. The van der Waals surface area contributed by atoms with Crippen molar-refractivity contribution in [2.45, 2.75) is 38.1 Å². The Hall–Kier alpha value is -1.06. The summed E-state index contributed by atoms with van der Waals surface area (Å²) in [6.45, 7) is 1.63. The van der Waals surface area contributed by atoms with Crippen molar-refractivity contribution in [1.82, 2.24) is 5.32 Å². The van der Waals surface area contributed by atoms with Gasteiger partial charge in [-0.2, -0.15) is 0 Å². The number of ether oxygens (including phenoxy) is 1. The largest absolute Gasteiger partial charge is 0.465 e. The Morgan fingerprint density at radius 3 is 2.74 bits per heavy atom. The van der Waals surface area contributed by atoms with Gasteiger partial charge in [0.05, 0.1) is 13.0 Å². The van der Waals surface area contributed by atoms with Crippen LogP contribution in [-0.2, 0) is 16.0 Å². The monoisotopic (exact) mass is 283 g/mol. The zero-order valence-corrected chi connectivity index (χ0v) is 12.0. The molecular formula is C15H22ClNO2. The molecule has 1 saturated heterocycles. The number of piperidine rings is 1. The van der Waals surface area contributed by atoms with E-state index in [1.165, 1.54) is 19.3 Å². The molecule has 0 amide bonds. The Balaban J connectivity index is 0.00000180. The number of nitrogens with one attached hydrogen (secondary N) is 1. The minimum absolute atomic E-state index is 0. The van der Waals surface area contributed by atoms with E-state index in [0.717, 1.165) is 18.5 Å². The number of benzene rings is 1. The lowest BCUT2D eigenvalue weighted by Crippen LogP contribution is -2.35. The average Bonchev–Trinajstić information content (AvgIpc) is 2.41. The van der Waals surface area contributed by atoms with Crippen LogP contribution in [0.2, 0.25) is 0 Å². The lowest BCUT2D eigenvalue weighted by molar-refractivity contribution is -0.143. The van der Waals surface area contributed by atoms with E-state index < -0.39 is 0 Å². The van der Waals surface area contributed by atoms with Crippen molar-refractivity contribution >= 4 is 18.4 Å². The molecule has 1 aliphatic heterocycles. The topological polar surface area (TPSA) is 38.3 Å². The highest BCUT2D eigenvalue weighted by atomic mass is 35.5. The highest BCUT2D eigenvalue weighted by Crippen LogP contribution is 2.10. The summed E-state index contributed by atoms with van der Waals surface area (Å²) in [5.74, 6) is -0.128. The fraction of sp³-hybridized carbons (Fsp3) is 0.533. The van der Waals surface area contributed by atoms with Gasteiger partial charge in [0.1, 0.15) is 0 Å². The normalized spacial score (nSPS) is 18.4. The average molecular weight is 284 g/mol. The van der Waals surface area contributed by atoms with E-state index in [2.05, 4.69) is 5.32 Å². The summed E-state index contributed by atoms with van der Waals surface area (Å²) in [5, 5.41) is 3.45. The second kappa shape index (κ2) is 8.94. The van der Waals surface area contributed by atoms with Crippen LogP contribution < -0.4 is 5.32 Å². The molecule has 0 radical (unpaired) electrons. The standard InChI is InChI=1S/C15H21NO2.ClH/c17-15(12-13-6-2-1-3-7-13)18-11-9-14-8-4-5-10-16-14;/h1-3,6-7,14,16H,4-5,8-12H2;1H. The molecule has 4 heteroatoms. The molecule has 0 bridgehead atoms. The van der Waals surface area contributed by atoms with Crippen LogP contribution >= 0.6 is 12.4 Å². The van der Waals surface area contributed by atoms with Gasteiger partial charge in [0, 0.05) is 6.04 Å². The van der Waals surface area contributed by atoms with Crippen molar-refractivity contribution in [2.24, 2.45) is 0 Å². The number of esters is 1. The Kier molecular flexibility index (Phi) is 7.53. The Morgan fingerprint density at radius 2 is 2.05 bits per heavy atom. The third-order valence-corrected chi connectivity index (χ3v) is 3.33. The fourth-order valence-electron chi connectivity index (χ4n) is 2.30. The van der Waals surface area contributed by atoms with Gasteiger partial charge >= 0.3 is 5.97 Å². The first kappa shape index (κ1) is 16.0. The fourth-order valence-corrected chi connectivity index (χ4v) is 2.30. The quantitative estimate of drug-likeness (QED) is 0.845. The summed E-state index contributed by atoms with van der Waals surface area (Å²) >= 11 is 0. The summed E-state index contributed by atoms with van der Waals surface area (Å²) in [4.78, 5) is 11.6. The van der Waals surface area contributed by atoms with Crippen LogP contribution in [0.25, 0.3) is 0 Å². The molecule has 0 spiro atoms. The van der Waals surface area contributed by atoms with Crippen molar-refractivity contribution in [3.63, 3.8) is 0 Å². The highest BCUT2D eigenvalue weighted by Gasteiger charge is 2.13. The van der Waals surface area contributed by atoms with Crippen LogP contribution in [0.1, 0.15) is 31.2 Å². The van der Waals surface area contributed by atoms with E-state index in [1.807, 2.05) is 30.3 Å². The van der Waals surface area contributed by atoms with Crippen molar-refractivity contribution < 1.29 is 9.53 Å². The van der Waals surface area contributed by atoms with Gasteiger partial charge in [-0.15, -0.1) is 12.4 Å². The van der Waals surface area contributed by atoms with Crippen LogP contribution in [0.15, 0.2) is 30.3 Å². The van der Waals surface area contributed by atoms with Gasteiger partial charge in [-0.1, -0.05) is 36.8 Å². The number of halogens is 1. The number of carbonyl (C=O) groups is 1. The number of hydrogen-bond acceptors (Lipinski definition) is 3. The summed E-state index contributed by atoms with van der Waals surface area (Å²) in [5.41, 5.74) is 1.01. The Bertz CT molecular complexity index is 364. The van der Waals surface area contributed by atoms with Gasteiger partial charge in [-0.25, -0.2) is 0 Å². The first-order valence-electron chi connectivity index (χ1n) is 6.77. The van der Waals surface area contributed by atoms with Gasteiger partial charge in [-0.3, -0.25) is 4.79 Å². The van der Waals surface area contributed by atoms with E-state index in [4.69, 9.17) is 4.74 Å². The molecule has 1 aliphatic rings. The minimum Gasteiger partial charge on any atom is -0.465 e. The molecule has 1 N–H and O–H groups in total. The Morgan fingerprint density at radius 1 is 1.26 bits per heavy atom. The zero-order chi connectivity index (χ0) is 12.6. The summed E-state index contributed by atoms with van der Waals surface area (Å²) in [6.07, 6.45) is 5.07. The van der Waals surface area contributed by atoms with E-state index in [1.54, 1.807) is 0 Å². The van der Waals surface area contributed by atoms with Crippen LogP contribution in [0.4, 0.5) is 0 Å². The molecule has 2 rings (SSSR count). The third kappa shape index (κ3) is 6.08. The first-order valence-corrected chi connectivity index (χ1v) is 6.77. The minimum atomic E-state index is -0.128. The lowest BCUT2D eigenvalue weighted by Gasteiger charge is -2.23. The van der Waals surface area contributed by atoms with Crippen LogP contribution in [-0.4, -0.2) is 25.2 Å². The van der Waals surface area contributed by atoms with E-state index in [-0.39, 0.29) is 18.4 Å². The smallest absolute Gasteiger partial charge is 0.310 e. The Labute approximate surface area is 121 Å². The molecule has 0 aliphatic carbocycles. The molecule has 1 aromatic rings. The molecule has 0 saturated carbocycles. The number of carbonyl (C=O) groups excluding carboxylic acids is 1. The first-order chi connectivity index (χ1) is 8.84. The third-order valence-electron chi connectivity index (χ3n) is 3.33. The SMILES string of the molecule is Cl.O=C(Cc1ccccc1)OCCC1CCCCN1. The lowest BCUT2D eigenvalue weighted by atomic mass is 10.0. The maximum absolute atomic E-state index is 11.6. The van der Waals surface area contributed by atoms with Crippen molar-refractivity contribution in [1.29, 1.82) is 0 Å². The molecule has 106 valence electrons. The highest BCUT2D eigenvalue weighted by molar-refractivity contribution is 5.85. The molecule has 1 heterocycles. The van der Waals surface area contributed by atoms with Crippen molar-refractivity contribution in [2.75, 3.05) is 13.2 Å². The maximum Gasteiger partial charge on any atom is 0.310 e. The molecule has 1 unspecified atom stereocenters. The van der Waals surface area contributed by atoms with E-state index >= 15 is 0 Å². The summed E-state index contributed by atoms with van der Waals surface area (Å²) in [7, 11) is 0. The molecule has 3 nitrogen and oxygen atoms in total. The second-order valence-corrected chi connectivity index (χ2v) is 4.82. The molecular weight excluding hydrogens is 262 g/mol. The number of rotatable bonds is 5. The van der Waals surface area contributed by atoms with Gasteiger partial charge in [0.15, 0.2) is 0 Å². The van der Waals surface area contributed by atoms with Crippen molar-refractivity contribution in [3.8, 4) is 0 Å². The molecule has 1 atom stereocenters. The zero-order valence-electron chi connectivity index (χ0n) is 11.1. The van der Waals surface area contributed by atoms with Crippen LogP contribution in [0.3, 0.4) is 0 Å². The number of hydrogen-bond donors (Lipinski definition) is 1. The molecule has 0 aromatic heterocycles. The molecule has 19 heavy (non-hydrogen) atoms. The van der Waals surface area contributed by atoms with Gasteiger partial charge in [0.2, 0.25) is 0 Å².